The molecule has 0 saturated carbocycles. The van der Waals surface area contributed by atoms with Crippen LogP contribution in [-0.2, 0) is 0 Å². The van der Waals surface area contributed by atoms with E-state index in [2.05, 4.69) is 32.0 Å². The number of hydrogen-bond donors (Lipinski definition) is 1. The lowest BCUT2D eigenvalue weighted by Gasteiger charge is -2.17. The van der Waals surface area contributed by atoms with Crippen molar-refractivity contribution in [3.8, 4) is 12.3 Å². The first-order valence-corrected chi connectivity index (χ1v) is 4.36. The van der Waals surface area contributed by atoms with Crippen molar-refractivity contribution in [3.63, 3.8) is 0 Å². The van der Waals surface area contributed by atoms with Crippen LogP contribution in [0, 0.1) is 24.2 Å². The number of rotatable bonds is 5. The standard InChI is InChI=1S/C10H19N/c1-5-7-9(3)10(4)8-11-6-2/h1,9-11H,6-8H2,2-4H3. The molecular formula is C10H19N. The summed E-state index contributed by atoms with van der Waals surface area (Å²) >= 11 is 0. The van der Waals surface area contributed by atoms with Crippen LogP contribution < -0.4 is 5.32 Å². The molecule has 0 heterocycles. The lowest BCUT2D eigenvalue weighted by molar-refractivity contribution is 0.377. The van der Waals surface area contributed by atoms with Crippen LogP contribution in [0.25, 0.3) is 0 Å². The topological polar surface area (TPSA) is 12.0 Å². The van der Waals surface area contributed by atoms with E-state index in [0.29, 0.717) is 11.8 Å². The zero-order valence-corrected chi connectivity index (χ0v) is 7.85. The highest BCUT2D eigenvalue weighted by Crippen LogP contribution is 2.12. The van der Waals surface area contributed by atoms with E-state index in [-0.39, 0.29) is 0 Å². The van der Waals surface area contributed by atoms with Crippen molar-refractivity contribution in [3.05, 3.63) is 0 Å². The minimum absolute atomic E-state index is 0.638. The maximum atomic E-state index is 5.23. The summed E-state index contributed by atoms with van der Waals surface area (Å²) in [7, 11) is 0. The Labute approximate surface area is 70.6 Å². The van der Waals surface area contributed by atoms with E-state index in [1.165, 1.54) is 0 Å². The van der Waals surface area contributed by atoms with Gasteiger partial charge < -0.3 is 5.32 Å². The van der Waals surface area contributed by atoms with Gasteiger partial charge in [-0.2, -0.15) is 0 Å². The molecular weight excluding hydrogens is 134 g/mol. The second-order valence-electron chi connectivity index (χ2n) is 3.17. The summed E-state index contributed by atoms with van der Waals surface area (Å²) in [6.07, 6.45) is 6.12. The van der Waals surface area contributed by atoms with Crippen molar-refractivity contribution in [1.82, 2.24) is 5.32 Å². The first-order chi connectivity index (χ1) is 5.22. The average Bonchev–Trinajstić information content (AvgIpc) is 2.00. The lowest BCUT2D eigenvalue weighted by Crippen LogP contribution is -2.24. The van der Waals surface area contributed by atoms with Gasteiger partial charge in [-0.15, -0.1) is 12.3 Å². The second kappa shape index (κ2) is 6.24. The molecule has 0 bridgehead atoms. The third-order valence-electron chi connectivity index (χ3n) is 2.13. The fraction of sp³-hybridized carbons (Fsp3) is 0.800. The average molecular weight is 153 g/mol. The Balaban J connectivity index is 3.48. The zero-order chi connectivity index (χ0) is 8.69. The quantitative estimate of drug-likeness (QED) is 0.595. The van der Waals surface area contributed by atoms with E-state index in [0.717, 1.165) is 19.5 Å². The maximum absolute atomic E-state index is 5.23. The minimum atomic E-state index is 0.638. The molecule has 2 unspecified atom stereocenters. The van der Waals surface area contributed by atoms with Crippen LogP contribution in [0.4, 0.5) is 0 Å². The van der Waals surface area contributed by atoms with Crippen molar-refractivity contribution in [2.45, 2.75) is 27.2 Å². The molecule has 1 nitrogen and oxygen atoms in total. The molecule has 0 aliphatic rings. The molecule has 1 N–H and O–H groups in total. The smallest absolute Gasteiger partial charge is 0.0115 e. The molecule has 1 heteroatoms. The van der Waals surface area contributed by atoms with Gasteiger partial charge in [-0.05, 0) is 24.9 Å². The molecule has 64 valence electrons. The van der Waals surface area contributed by atoms with Gasteiger partial charge >= 0.3 is 0 Å². The maximum Gasteiger partial charge on any atom is 0.0115 e. The van der Waals surface area contributed by atoms with Gasteiger partial charge in [0.05, 0.1) is 0 Å². The zero-order valence-electron chi connectivity index (χ0n) is 7.85. The van der Waals surface area contributed by atoms with Crippen LogP contribution in [0.2, 0.25) is 0 Å². The molecule has 0 radical (unpaired) electrons. The van der Waals surface area contributed by atoms with E-state index < -0.39 is 0 Å². The van der Waals surface area contributed by atoms with Crippen LogP contribution >= 0.6 is 0 Å². The van der Waals surface area contributed by atoms with Gasteiger partial charge in [-0.25, -0.2) is 0 Å². The van der Waals surface area contributed by atoms with Crippen LogP contribution in [0.3, 0.4) is 0 Å². The van der Waals surface area contributed by atoms with Crippen LogP contribution in [0.5, 0.6) is 0 Å². The Morgan fingerprint density at radius 2 is 2.00 bits per heavy atom. The molecule has 0 aliphatic carbocycles. The highest BCUT2D eigenvalue weighted by atomic mass is 14.8. The minimum Gasteiger partial charge on any atom is -0.317 e. The summed E-state index contributed by atoms with van der Waals surface area (Å²) in [4.78, 5) is 0. The highest BCUT2D eigenvalue weighted by molar-refractivity contribution is 4.87. The van der Waals surface area contributed by atoms with Crippen LogP contribution in [0.1, 0.15) is 27.2 Å². The van der Waals surface area contributed by atoms with Gasteiger partial charge in [0, 0.05) is 6.42 Å². The Bertz CT molecular complexity index is 123. The van der Waals surface area contributed by atoms with Gasteiger partial charge in [-0.1, -0.05) is 20.8 Å². The number of hydrogen-bond acceptors (Lipinski definition) is 1. The molecule has 0 rings (SSSR count). The van der Waals surface area contributed by atoms with E-state index >= 15 is 0 Å². The summed E-state index contributed by atoms with van der Waals surface area (Å²) in [5, 5.41) is 3.32. The summed E-state index contributed by atoms with van der Waals surface area (Å²) in [6.45, 7) is 8.71. The van der Waals surface area contributed by atoms with Crippen LogP contribution in [-0.4, -0.2) is 13.1 Å². The SMILES string of the molecule is C#CCC(C)C(C)CNCC. The molecule has 0 aromatic carbocycles. The van der Waals surface area contributed by atoms with Crippen molar-refractivity contribution in [1.29, 1.82) is 0 Å². The normalized spacial score (nSPS) is 15.5. The van der Waals surface area contributed by atoms with Crippen molar-refractivity contribution >= 4 is 0 Å². The number of terminal acetylenes is 1. The van der Waals surface area contributed by atoms with Crippen LogP contribution in [0.15, 0.2) is 0 Å². The summed E-state index contributed by atoms with van der Waals surface area (Å²) in [6, 6.07) is 0. The molecule has 0 fully saturated rings. The van der Waals surface area contributed by atoms with Crippen molar-refractivity contribution in [2.24, 2.45) is 11.8 Å². The third-order valence-corrected chi connectivity index (χ3v) is 2.13. The molecule has 11 heavy (non-hydrogen) atoms. The highest BCUT2D eigenvalue weighted by Gasteiger charge is 2.09. The number of nitrogens with one attached hydrogen (secondary N) is 1. The Kier molecular flexibility index (Phi) is 5.97. The first-order valence-electron chi connectivity index (χ1n) is 4.36. The molecule has 0 spiro atoms. The Morgan fingerprint density at radius 1 is 1.36 bits per heavy atom. The molecule has 2 atom stereocenters. The molecule has 0 aliphatic heterocycles. The summed E-state index contributed by atoms with van der Waals surface area (Å²) in [5.41, 5.74) is 0. The van der Waals surface area contributed by atoms with E-state index in [9.17, 15) is 0 Å². The van der Waals surface area contributed by atoms with Gasteiger partial charge in [-0.3, -0.25) is 0 Å². The second-order valence-corrected chi connectivity index (χ2v) is 3.17. The molecule has 0 saturated heterocycles. The fourth-order valence-corrected chi connectivity index (χ4v) is 0.960. The predicted octanol–water partition coefficient (Wildman–Crippen LogP) is 1.89. The van der Waals surface area contributed by atoms with Crippen molar-refractivity contribution in [2.75, 3.05) is 13.1 Å². The predicted molar refractivity (Wildman–Crippen MR) is 50.3 cm³/mol. The largest absolute Gasteiger partial charge is 0.317 e. The van der Waals surface area contributed by atoms with E-state index in [1.807, 2.05) is 0 Å². The van der Waals surface area contributed by atoms with Crippen molar-refractivity contribution < 1.29 is 0 Å². The Hall–Kier alpha value is -0.480. The van der Waals surface area contributed by atoms with Gasteiger partial charge in [0.15, 0.2) is 0 Å². The lowest BCUT2D eigenvalue weighted by atomic mass is 9.93. The van der Waals surface area contributed by atoms with E-state index in [4.69, 9.17) is 6.42 Å². The Morgan fingerprint density at radius 3 is 2.45 bits per heavy atom. The monoisotopic (exact) mass is 153 g/mol. The first kappa shape index (κ1) is 10.5. The van der Waals surface area contributed by atoms with Gasteiger partial charge in [0.1, 0.15) is 0 Å². The van der Waals surface area contributed by atoms with Gasteiger partial charge in [0.25, 0.3) is 0 Å². The summed E-state index contributed by atoms with van der Waals surface area (Å²) in [5.74, 6) is 4.02. The molecule has 0 aromatic heterocycles. The molecule has 0 amide bonds. The third kappa shape index (κ3) is 4.86. The van der Waals surface area contributed by atoms with Gasteiger partial charge in [0.2, 0.25) is 0 Å². The molecule has 0 aromatic rings. The summed E-state index contributed by atoms with van der Waals surface area (Å²) < 4.78 is 0. The fourth-order valence-electron chi connectivity index (χ4n) is 0.960. The van der Waals surface area contributed by atoms with E-state index in [1.54, 1.807) is 0 Å².